The molecular formula is C21H25F3O2. The van der Waals surface area contributed by atoms with Crippen LogP contribution in [0.4, 0.5) is 13.2 Å². The van der Waals surface area contributed by atoms with Crippen molar-refractivity contribution in [1.29, 1.82) is 0 Å². The molecule has 0 saturated carbocycles. The second-order valence-corrected chi connectivity index (χ2v) is 7.47. The lowest BCUT2D eigenvalue weighted by molar-refractivity contribution is -0.298. The molecule has 2 aromatic carbocycles. The van der Waals surface area contributed by atoms with Crippen LogP contribution in [0.3, 0.4) is 0 Å². The third kappa shape index (κ3) is 3.94. The Bertz CT molecular complexity index is 820. The molecule has 0 bridgehead atoms. The minimum Gasteiger partial charge on any atom is -0.379 e. The standard InChI is InChI=1S/C21H25F3O2/c1-13(2)15-7-8-17-12-18(10-9-16(17)11-15)19(4,5)26-14(3)20(6,25)21(22,23)24/h7-12,14,25H,1H2,2-6H3. The topological polar surface area (TPSA) is 29.5 Å². The van der Waals surface area contributed by atoms with E-state index < -0.39 is 23.5 Å². The van der Waals surface area contributed by atoms with E-state index in [0.29, 0.717) is 0 Å². The summed E-state index contributed by atoms with van der Waals surface area (Å²) in [6, 6.07) is 11.6. The van der Waals surface area contributed by atoms with Gasteiger partial charge in [0.1, 0.15) is 0 Å². The lowest BCUT2D eigenvalue weighted by Gasteiger charge is -2.38. The molecule has 0 aliphatic rings. The highest BCUT2D eigenvalue weighted by atomic mass is 19.4. The van der Waals surface area contributed by atoms with Gasteiger partial charge in [-0.25, -0.2) is 0 Å². The molecule has 0 aromatic heterocycles. The second-order valence-electron chi connectivity index (χ2n) is 7.47. The summed E-state index contributed by atoms with van der Waals surface area (Å²) >= 11 is 0. The van der Waals surface area contributed by atoms with Crippen LogP contribution in [0.5, 0.6) is 0 Å². The Morgan fingerprint density at radius 3 is 2.12 bits per heavy atom. The molecule has 0 aliphatic carbocycles. The minimum atomic E-state index is -4.77. The molecule has 142 valence electrons. The van der Waals surface area contributed by atoms with Crippen LogP contribution < -0.4 is 0 Å². The van der Waals surface area contributed by atoms with Crippen molar-refractivity contribution in [2.24, 2.45) is 0 Å². The van der Waals surface area contributed by atoms with Gasteiger partial charge in [-0.15, -0.1) is 0 Å². The highest BCUT2D eigenvalue weighted by Gasteiger charge is 2.55. The average molecular weight is 366 g/mol. The largest absolute Gasteiger partial charge is 0.419 e. The summed E-state index contributed by atoms with van der Waals surface area (Å²) < 4.78 is 44.7. The Kier molecular flexibility index (Phi) is 5.28. The third-order valence-electron chi connectivity index (χ3n) is 4.87. The summed E-state index contributed by atoms with van der Waals surface area (Å²) in [6.45, 7) is 11.2. The fourth-order valence-electron chi connectivity index (χ4n) is 2.74. The molecule has 26 heavy (non-hydrogen) atoms. The first-order valence-corrected chi connectivity index (χ1v) is 8.43. The fourth-order valence-corrected chi connectivity index (χ4v) is 2.74. The zero-order chi connectivity index (χ0) is 19.9. The fraction of sp³-hybridized carbons (Fsp3) is 0.429. The molecule has 5 heteroatoms. The van der Waals surface area contributed by atoms with Gasteiger partial charge in [0.15, 0.2) is 5.60 Å². The smallest absolute Gasteiger partial charge is 0.379 e. The molecule has 0 aliphatic heterocycles. The Morgan fingerprint density at radius 1 is 1.04 bits per heavy atom. The maximum absolute atomic E-state index is 13.0. The van der Waals surface area contributed by atoms with E-state index in [-0.39, 0.29) is 0 Å². The predicted molar refractivity (Wildman–Crippen MR) is 98.9 cm³/mol. The highest BCUT2D eigenvalue weighted by Crippen LogP contribution is 2.38. The number of halogens is 3. The highest BCUT2D eigenvalue weighted by molar-refractivity contribution is 5.86. The average Bonchev–Trinajstić information content (AvgIpc) is 2.52. The Morgan fingerprint density at radius 2 is 1.58 bits per heavy atom. The molecule has 1 N–H and O–H groups in total. The van der Waals surface area contributed by atoms with Crippen LogP contribution >= 0.6 is 0 Å². The third-order valence-corrected chi connectivity index (χ3v) is 4.87. The molecular weight excluding hydrogens is 341 g/mol. The molecule has 0 spiro atoms. The number of hydrogen-bond donors (Lipinski definition) is 1. The van der Waals surface area contributed by atoms with E-state index >= 15 is 0 Å². The van der Waals surface area contributed by atoms with Gasteiger partial charge >= 0.3 is 6.18 Å². The van der Waals surface area contributed by atoms with Crippen LogP contribution in [0.25, 0.3) is 16.3 Å². The number of aliphatic hydroxyl groups is 1. The van der Waals surface area contributed by atoms with Gasteiger partial charge in [-0.05, 0) is 68.7 Å². The van der Waals surface area contributed by atoms with E-state index in [1.165, 1.54) is 6.92 Å². The van der Waals surface area contributed by atoms with Crippen LogP contribution in [-0.4, -0.2) is 23.0 Å². The Balaban J connectivity index is 2.33. The molecule has 0 amide bonds. The van der Waals surface area contributed by atoms with E-state index in [0.717, 1.165) is 34.4 Å². The SMILES string of the molecule is C=C(C)c1ccc2cc(C(C)(C)OC(C)C(C)(O)C(F)(F)F)ccc2c1. The zero-order valence-electron chi connectivity index (χ0n) is 15.7. The van der Waals surface area contributed by atoms with Crippen molar-refractivity contribution in [3.05, 3.63) is 54.1 Å². The van der Waals surface area contributed by atoms with E-state index in [4.69, 9.17) is 4.74 Å². The predicted octanol–water partition coefficient (Wildman–Crippen LogP) is 5.83. The molecule has 0 radical (unpaired) electrons. The van der Waals surface area contributed by atoms with Crippen LogP contribution in [0, 0.1) is 0 Å². The zero-order valence-corrected chi connectivity index (χ0v) is 15.7. The van der Waals surface area contributed by atoms with Crippen LogP contribution in [-0.2, 0) is 10.3 Å². The summed E-state index contributed by atoms with van der Waals surface area (Å²) in [6.07, 6.45) is -6.20. The van der Waals surface area contributed by atoms with Gasteiger partial charge in [0.25, 0.3) is 0 Å². The van der Waals surface area contributed by atoms with Crippen molar-refractivity contribution in [1.82, 2.24) is 0 Å². The number of rotatable bonds is 5. The Hall–Kier alpha value is -1.85. The molecule has 0 saturated heterocycles. The molecule has 2 nitrogen and oxygen atoms in total. The van der Waals surface area contributed by atoms with Crippen LogP contribution in [0.15, 0.2) is 43.0 Å². The van der Waals surface area contributed by atoms with Gasteiger partial charge in [0.2, 0.25) is 0 Å². The molecule has 0 heterocycles. The first-order chi connectivity index (χ1) is 11.8. The summed E-state index contributed by atoms with van der Waals surface area (Å²) in [5.74, 6) is 0. The number of fused-ring (bicyclic) bond motifs is 1. The van der Waals surface area contributed by atoms with Crippen LogP contribution in [0.1, 0.15) is 45.7 Å². The van der Waals surface area contributed by atoms with Gasteiger partial charge < -0.3 is 9.84 Å². The lowest BCUT2D eigenvalue weighted by atomic mass is 9.92. The van der Waals surface area contributed by atoms with Crippen molar-refractivity contribution >= 4 is 16.3 Å². The summed E-state index contributed by atoms with van der Waals surface area (Å²) in [7, 11) is 0. The summed E-state index contributed by atoms with van der Waals surface area (Å²) in [4.78, 5) is 0. The molecule has 2 rings (SSSR count). The van der Waals surface area contributed by atoms with E-state index in [2.05, 4.69) is 6.58 Å². The quantitative estimate of drug-likeness (QED) is 0.722. The van der Waals surface area contributed by atoms with Crippen molar-refractivity contribution in [3.8, 4) is 0 Å². The van der Waals surface area contributed by atoms with Crippen LogP contribution in [0.2, 0.25) is 0 Å². The van der Waals surface area contributed by atoms with Gasteiger partial charge in [0.05, 0.1) is 11.7 Å². The summed E-state index contributed by atoms with van der Waals surface area (Å²) in [5.41, 5.74) is -1.20. The normalized spacial score (nSPS) is 16.3. The van der Waals surface area contributed by atoms with E-state index in [9.17, 15) is 18.3 Å². The number of alkyl halides is 3. The van der Waals surface area contributed by atoms with Gasteiger partial charge in [-0.1, -0.05) is 36.4 Å². The molecule has 0 fully saturated rings. The van der Waals surface area contributed by atoms with Gasteiger partial charge in [-0.3, -0.25) is 0 Å². The Labute approximate surface area is 152 Å². The maximum atomic E-state index is 13.0. The molecule has 2 unspecified atom stereocenters. The number of benzene rings is 2. The summed E-state index contributed by atoms with van der Waals surface area (Å²) in [5, 5.41) is 11.8. The monoisotopic (exact) mass is 366 g/mol. The molecule has 2 aromatic rings. The number of allylic oxidation sites excluding steroid dienone is 1. The van der Waals surface area contributed by atoms with Gasteiger partial charge in [0, 0.05) is 0 Å². The van der Waals surface area contributed by atoms with E-state index in [1.54, 1.807) is 13.8 Å². The van der Waals surface area contributed by atoms with E-state index in [1.807, 2.05) is 43.3 Å². The number of ether oxygens (including phenoxy) is 1. The lowest BCUT2D eigenvalue weighted by Crippen LogP contribution is -2.53. The van der Waals surface area contributed by atoms with Crippen molar-refractivity contribution < 1.29 is 23.0 Å². The van der Waals surface area contributed by atoms with Gasteiger partial charge in [-0.2, -0.15) is 13.2 Å². The van der Waals surface area contributed by atoms with Crippen molar-refractivity contribution in [3.63, 3.8) is 0 Å². The first kappa shape index (κ1) is 20.5. The van der Waals surface area contributed by atoms with Crippen molar-refractivity contribution in [2.45, 2.75) is 58.1 Å². The minimum absolute atomic E-state index is 0.729. The van der Waals surface area contributed by atoms with Crippen molar-refractivity contribution in [2.75, 3.05) is 0 Å². The maximum Gasteiger partial charge on any atom is 0.419 e. The second kappa shape index (κ2) is 6.71. The first-order valence-electron chi connectivity index (χ1n) is 8.43. The molecule has 2 atom stereocenters. The number of hydrogen-bond acceptors (Lipinski definition) is 2.